The Bertz CT molecular complexity index is 4190. The SMILES string of the molecule is Cc1ccc(N(c2ccc3c(c2)C(C)(C)c2cc4c(-c5ccccc5F)c5c(cc4c(-c4ccccc4F)c2-3)C(C)(C)c2cc(N(c3ccc(C)cc3)c3ccccc3-c3ccccc3)ccc2-5)c2ccccc2-c2ccccc2)cc1. The molecule has 2 nitrogen and oxygen atoms in total. The molecule has 0 unspecified atom stereocenters. The molecule has 0 radical (unpaired) electrons. The van der Waals surface area contributed by atoms with Crippen molar-refractivity contribution in [2.75, 3.05) is 9.80 Å². The molecule has 396 valence electrons. The molecule has 0 amide bonds. The number of hydrogen-bond acceptors (Lipinski definition) is 2. The summed E-state index contributed by atoms with van der Waals surface area (Å²) in [4.78, 5) is 4.73. The van der Waals surface area contributed by atoms with Gasteiger partial charge in [0, 0.05) is 67.0 Å². The minimum Gasteiger partial charge on any atom is -0.310 e. The number of para-hydroxylation sites is 2. The molecular formula is C78H60F2N2. The van der Waals surface area contributed by atoms with Gasteiger partial charge in [0.2, 0.25) is 0 Å². The molecule has 12 aromatic carbocycles. The molecule has 0 spiro atoms. The highest BCUT2D eigenvalue weighted by Gasteiger charge is 2.43. The number of hydrogen-bond donors (Lipinski definition) is 0. The Hall–Kier alpha value is -9.64. The lowest BCUT2D eigenvalue weighted by molar-refractivity contribution is 0.630. The van der Waals surface area contributed by atoms with Crippen molar-refractivity contribution in [3.05, 3.63) is 300 Å². The lowest BCUT2D eigenvalue weighted by Crippen LogP contribution is -2.17. The van der Waals surface area contributed by atoms with Crippen LogP contribution in [0.5, 0.6) is 0 Å². The van der Waals surface area contributed by atoms with Crippen molar-refractivity contribution in [3.8, 4) is 66.8 Å². The van der Waals surface area contributed by atoms with Crippen molar-refractivity contribution in [2.45, 2.75) is 52.4 Å². The summed E-state index contributed by atoms with van der Waals surface area (Å²) in [6.07, 6.45) is 0. The van der Waals surface area contributed by atoms with Crippen LogP contribution in [-0.4, -0.2) is 0 Å². The molecule has 0 fully saturated rings. The maximum atomic E-state index is 17.2. The second kappa shape index (κ2) is 19.6. The van der Waals surface area contributed by atoms with Crippen LogP contribution in [0.1, 0.15) is 61.1 Å². The van der Waals surface area contributed by atoms with Crippen LogP contribution in [-0.2, 0) is 10.8 Å². The van der Waals surface area contributed by atoms with Crippen LogP contribution in [0.25, 0.3) is 77.5 Å². The summed E-state index contributed by atoms with van der Waals surface area (Å²) < 4.78 is 34.4. The molecule has 0 aliphatic heterocycles. The van der Waals surface area contributed by atoms with Gasteiger partial charge in [-0.05, 0) is 165 Å². The zero-order valence-corrected chi connectivity index (χ0v) is 46.9. The normalized spacial score (nSPS) is 13.3. The molecule has 14 rings (SSSR count). The van der Waals surface area contributed by atoms with E-state index in [0.717, 1.165) is 123 Å². The largest absolute Gasteiger partial charge is 0.310 e. The number of halogens is 2. The third-order valence-corrected chi connectivity index (χ3v) is 17.5. The highest BCUT2D eigenvalue weighted by Crippen LogP contribution is 2.61. The zero-order chi connectivity index (χ0) is 56.0. The summed E-state index contributed by atoms with van der Waals surface area (Å²) in [5.41, 5.74) is 23.0. The highest BCUT2D eigenvalue weighted by atomic mass is 19.1. The summed E-state index contributed by atoms with van der Waals surface area (Å²) in [5.74, 6) is -0.620. The fourth-order valence-corrected chi connectivity index (χ4v) is 13.4. The molecule has 2 aliphatic carbocycles. The van der Waals surface area contributed by atoms with Gasteiger partial charge < -0.3 is 9.80 Å². The van der Waals surface area contributed by atoms with Crippen LogP contribution >= 0.6 is 0 Å². The van der Waals surface area contributed by atoms with E-state index in [4.69, 9.17) is 0 Å². The van der Waals surface area contributed by atoms with Crippen LogP contribution in [0.4, 0.5) is 42.9 Å². The van der Waals surface area contributed by atoms with Crippen LogP contribution in [0, 0.1) is 25.5 Å². The van der Waals surface area contributed by atoms with Crippen LogP contribution in [0.3, 0.4) is 0 Å². The van der Waals surface area contributed by atoms with E-state index in [0.29, 0.717) is 11.1 Å². The number of aryl methyl sites for hydroxylation is 2. The Morgan fingerprint density at radius 1 is 0.280 bits per heavy atom. The highest BCUT2D eigenvalue weighted by molar-refractivity contribution is 6.17. The smallest absolute Gasteiger partial charge is 0.131 e. The predicted octanol–water partition coefficient (Wildman–Crippen LogP) is 22.0. The third kappa shape index (κ3) is 8.10. The minimum atomic E-state index is -0.583. The topological polar surface area (TPSA) is 6.48 Å². The molecule has 0 atom stereocenters. The molecule has 0 N–H and O–H groups in total. The first kappa shape index (κ1) is 50.6. The summed E-state index contributed by atoms with van der Waals surface area (Å²) in [5, 5.41) is 1.76. The van der Waals surface area contributed by atoms with Gasteiger partial charge in [-0.25, -0.2) is 8.78 Å². The quantitative estimate of drug-likeness (QED) is 0.135. The van der Waals surface area contributed by atoms with Crippen molar-refractivity contribution >= 4 is 44.9 Å². The predicted molar refractivity (Wildman–Crippen MR) is 340 cm³/mol. The monoisotopic (exact) mass is 1060 g/mol. The molecule has 4 heteroatoms. The van der Waals surface area contributed by atoms with Gasteiger partial charge in [0.25, 0.3) is 0 Å². The molecule has 0 heterocycles. The Kier molecular flexibility index (Phi) is 12.1. The van der Waals surface area contributed by atoms with Gasteiger partial charge in [-0.2, -0.15) is 0 Å². The van der Waals surface area contributed by atoms with Crippen molar-refractivity contribution in [1.29, 1.82) is 0 Å². The first-order valence-electron chi connectivity index (χ1n) is 28.4. The average molecular weight is 1060 g/mol. The van der Waals surface area contributed by atoms with E-state index >= 15 is 8.78 Å². The third-order valence-electron chi connectivity index (χ3n) is 17.5. The van der Waals surface area contributed by atoms with E-state index in [2.05, 4.69) is 258 Å². The molecule has 0 aromatic heterocycles. The summed E-state index contributed by atoms with van der Waals surface area (Å²) in [6.45, 7) is 13.4. The van der Waals surface area contributed by atoms with E-state index in [1.165, 1.54) is 11.1 Å². The van der Waals surface area contributed by atoms with Crippen molar-refractivity contribution in [3.63, 3.8) is 0 Å². The van der Waals surface area contributed by atoms with Gasteiger partial charge in [-0.3, -0.25) is 0 Å². The van der Waals surface area contributed by atoms with E-state index in [-0.39, 0.29) is 11.6 Å². The second-order valence-corrected chi connectivity index (χ2v) is 23.2. The maximum Gasteiger partial charge on any atom is 0.131 e. The second-order valence-electron chi connectivity index (χ2n) is 23.2. The first-order valence-corrected chi connectivity index (χ1v) is 28.4. The standard InChI is InChI=1S/C78H60F2N2/c1-49-33-37-53(38-34-49)81(71-31-19-15-25-57(71)51-21-9-7-10-22-51)55-41-43-59-65(45-55)77(3,4)67-47-63-64(73(75(59)67)61-27-13-17-29-69(61)79)48-68-76(74(63)62-28-14-18-30-70(62)80)60-44-42-56(46-66(60)78(68,5)6)82(54-39-35-50(2)36-40-54)72-32-20-16-26-58(72)52-23-11-8-12-24-52/h7-48H,1-6H3. The fourth-order valence-electron chi connectivity index (χ4n) is 13.4. The van der Waals surface area contributed by atoms with Crippen molar-refractivity contribution in [2.24, 2.45) is 0 Å². The van der Waals surface area contributed by atoms with E-state index in [9.17, 15) is 0 Å². The maximum absolute atomic E-state index is 17.2. The fraction of sp³-hybridized carbons (Fsp3) is 0.103. The Morgan fingerprint density at radius 3 is 0.988 bits per heavy atom. The summed E-state index contributed by atoms with van der Waals surface area (Å²) in [6, 6.07) is 88.4. The number of anilines is 6. The average Bonchev–Trinajstić information content (AvgIpc) is 3.97. The summed E-state index contributed by atoms with van der Waals surface area (Å²) >= 11 is 0. The number of fused-ring (bicyclic) bond motifs is 7. The van der Waals surface area contributed by atoms with Gasteiger partial charge >= 0.3 is 0 Å². The first-order chi connectivity index (χ1) is 39.9. The molecule has 0 bridgehead atoms. The number of benzene rings is 12. The Labute approximate surface area is 479 Å². The number of rotatable bonds is 10. The van der Waals surface area contributed by atoms with E-state index < -0.39 is 10.8 Å². The van der Waals surface area contributed by atoms with E-state index in [1.807, 2.05) is 24.3 Å². The molecule has 0 saturated carbocycles. The lowest BCUT2D eigenvalue weighted by atomic mass is 9.76. The molecule has 2 aliphatic rings. The van der Waals surface area contributed by atoms with Crippen molar-refractivity contribution < 1.29 is 8.78 Å². The van der Waals surface area contributed by atoms with Gasteiger partial charge in [-0.15, -0.1) is 0 Å². The van der Waals surface area contributed by atoms with Crippen LogP contribution in [0.15, 0.2) is 255 Å². The van der Waals surface area contributed by atoms with Crippen LogP contribution in [0.2, 0.25) is 0 Å². The molecule has 12 aromatic rings. The van der Waals surface area contributed by atoms with Gasteiger partial charge in [0.05, 0.1) is 11.4 Å². The number of nitrogens with zero attached hydrogens (tertiary/aromatic N) is 2. The molecule has 0 saturated heterocycles. The Balaban J connectivity index is 1.01. The zero-order valence-electron chi connectivity index (χ0n) is 46.9. The summed E-state index contributed by atoms with van der Waals surface area (Å²) in [7, 11) is 0. The van der Waals surface area contributed by atoms with E-state index in [1.54, 1.807) is 24.3 Å². The van der Waals surface area contributed by atoms with Gasteiger partial charge in [0.1, 0.15) is 11.6 Å². The van der Waals surface area contributed by atoms with Gasteiger partial charge in [-0.1, -0.05) is 209 Å². The molecule has 82 heavy (non-hydrogen) atoms. The van der Waals surface area contributed by atoms with Crippen LogP contribution < -0.4 is 9.80 Å². The minimum absolute atomic E-state index is 0.310. The Morgan fingerprint density at radius 2 is 0.610 bits per heavy atom. The van der Waals surface area contributed by atoms with Gasteiger partial charge in [0.15, 0.2) is 0 Å². The lowest BCUT2D eigenvalue weighted by Gasteiger charge is -2.30. The van der Waals surface area contributed by atoms with Crippen molar-refractivity contribution in [1.82, 2.24) is 0 Å². The molecular weight excluding hydrogens is 1000 g/mol.